The first kappa shape index (κ1) is 19.5. The van der Waals surface area contributed by atoms with Crippen LogP contribution in [0.5, 0.6) is 0 Å². The highest BCUT2D eigenvalue weighted by molar-refractivity contribution is 6.42. The molecule has 0 aromatic heterocycles. The number of unbranched alkanes of at least 4 members (excludes halogenated alkanes) is 2. The zero-order valence-corrected chi connectivity index (χ0v) is 14.4. The summed E-state index contributed by atoms with van der Waals surface area (Å²) < 4.78 is 4.94. The van der Waals surface area contributed by atoms with Gasteiger partial charge in [-0.1, -0.05) is 29.6 Å². The lowest BCUT2D eigenvalue weighted by atomic mass is 10.1. The number of amides is 1. The largest absolute Gasteiger partial charge is 0.457 e. The Morgan fingerprint density at radius 2 is 1.83 bits per heavy atom. The van der Waals surface area contributed by atoms with Crippen LogP contribution in [0.1, 0.15) is 43.0 Å². The van der Waals surface area contributed by atoms with E-state index in [9.17, 15) is 14.4 Å². The van der Waals surface area contributed by atoms with E-state index >= 15 is 0 Å². The molecule has 0 spiro atoms. The molecule has 1 aromatic rings. The quantitative estimate of drug-likeness (QED) is 0.416. The number of carbonyl (C=O) groups is 3. The summed E-state index contributed by atoms with van der Waals surface area (Å²) in [6.45, 7) is 1.74. The van der Waals surface area contributed by atoms with Crippen LogP contribution in [0.4, 0.5) is 0 Å². The molecule has 1 rings (SSSR count). The van der Waals surface area contributed by atoms with Gasteiger partial charge in [-0.05, 0) is 31.0 Å². The molecule has 126 valence electrons. The molecule has 0 saturated carbocycles. The van der Waals surface area contributed by atoms with Gasteiger partial charge in [0.05, 0.1) is 10.0 Å². The standard InChI is InChI=1S/C16H19Cl2NO4/c1-11(20)19-8-4-2-3-5-16(22)23-10-15(21)12-6-7-13(17)14(18)9-12/h6-7,9H,2-5,8,10H2,1H3,(H,19,20). The number of nitrogens with one attached hydrogen (secondary N) is 1. The van der Waals surface area contributed by atoms with E-state index in [1.807, 2.05) is 0 Å². The van der Waals surface area contributed by atoms with Crippen molar-refractivity contribution >= 4 is 40.9 Å². The van der Waals surface area contributed by atoms with Gasteiger partial charge >= 0.3 is 5.97 Å². The summed E-state index contributed by atoms with van der Waals surface area (Å²) in [5.74, 6) is -0.814. The van der Waals surface area contributed by atoms with E-state index in [1.54, 1.807) is 0 Å². The number of carbonyl (C=O) groups excluding carboxylic acids is 3. The highest BCUT2D eigenvalue weighted by atomic mass is 35.5. The SMILES string of the molecule is CC(=O)NCCCCCC(=O)OCC(=O)c1ccc(Cl)c(Cl)c1. The fraction of sp³-hybridized carbons (Fsp3) is 0.438. The Morgan fingerprint density at radius 1 is 1.09 bits per heavy atom. The predicted octanol–water partition coefficient (Wildman–Crippen LogP) is 3.42. The van der Waals surface area contributed by atoms with Gasteiger partial charge in [0.2, 0.25) is 5.91 Å². The van der Waals surface area contributed by atoms with Gasteiger partial charge in [-0.2, -0.15) is 0 Å². The van der Waals surface area contributed by atoms with Crippen LogP contribution in [0.3, 0.4) is 0 Å². The Hall–Kier alpha value is -1.59. The maximum absolute atomic E-state index is 11.9. The van der Waals surface area contributed by atoms with Crippen LogP contribution in [0.2, 0.25) is 10.0 Å². The summed E-state index contributed by atoms with van der Waals surface area (Å²) >= 11 is 11.6. The summed E-state index contributed by atoms with van der Waals surface area (Å²) in [5.41, 5.74) is 0.350. The molecule has 0 atom stereocenters. The molecule has 7 heteroatoms. The van der Waals surface area contributed by atoms with E-state index in [-0.39, 0.29) is 29.7 Å². The van der Waals surface area contributed by atoms with Crippen LogP contribution in [0.15, 0.2) is 18.2 Å². The monoisotopic (exact) mass is 359 g/mol. The number of esters is 1. The molecule has 0 radical (unpaired) electrons. The van der Waals surface area contributed by atoms with E-state index in [4.69, 9.17) is 27.9 Å². The normalized spacial score (nSPS) is 10.2. The lowest BCUT2D eigenvalue weighted by Crippen LogP contribution is -2.20. The van der Waals surface area contributed by atoms with Crippen LogP contribution in [-0.2, 0) is 14.3 Å². The van der Waals surface area contributed by atoms with Gasteiger partial charge in [-0.15, -0.1) is 0 Å². The molecule has 5 nitrogen and oxygen atoms in total. The molecule has 1 amide bonds. The Kier molecular flexibility index (Phi) is 8.66. The first-order valence-corrected chi connectivity index (χ1v) is 8.04. The molecule has 1 N–H and O–H groups in total. The van der Waals surface area contributed by atoms with E-state index < -0.39 is 5.97 Å². The molecule has 0 saturated heterocycles. The number of hydrogen-bond acceptors (Lipinski definition) is 4. The smallest absolute Gasteiger partial charge is 0.306 e. The van der Waals surface area contributed by atoms with Crippen LogP contribution in [-0.4, -0.2) is 30.8 Å². The van der Waals surface area contributed by atoms with E-state index in [0.29, 0.717) is 23.6 Å². The van der Waals surface area contributed by atoms with Crippen molar-refractivity contribution in [2.75, 3.05) is 13.2 Å². The first-order chi connectivity index (χ1) is 10.9. The van der Waals surface area contributed by atoms with Crippen LogP contribution < -0.4 is 5.32 Å². The molecule has 0 aliphatic rings. The number of hydrogen-bond donors (Lipinski definition) is 1. The van der Waals surface area contributed by atoms with Crippen LogP contribution in [0.25, 0.3) is 0 Å². The van der Waals surface area contributed by atoms with Gasteiger partial charge < -0.3 is 10.1 Å². The summed E-state index contributed by atoms with van der Waals surface area (Å²) in [4.78, 5) is 34.1. The van der Waals surface area contributed by atoms with Crippen molar-refractivity contribution in [2.24, 2.45) is 0 Å². The van der Waals surface area contributed by atoms with Crippen molar-refractivity contribution in [2.45, 2.75) is 32.6 Å². The minimum atomic E-state index is -0.419. The second-order valence-corrected chi connectivity index (χ2v) is 5.82. The lowest BCUT2D eigenvalue weighted by molar-refractivity contribution is -0.142. The second kappa shape index (κ2) is 10.2. The summed E-state index contributed by atoms with van der Waals surface area (Å²) in [7, 11) is 0. The second-order valence-electron chi connectivity index (χ2n) is 5.01. The Balaban J connectivity index is 2.21. The van der Waals surface area contributed by atoms with Gasteiger partial charge in [0, 0.05) is 25.5 Å². The third-order valence-corrected chi connectivity index (χ3v) is 3.78. The van der Waals surface area contributed by atoms with Crippen molar-refractivity contribution in [1.82, 2.24) is 5.32 Å². The summed E-state index contributed by atoms with van der Waals surface area (Å²) in [5, 5.41) is 3.32. The van der Waals surface area contributed by atoms with Gasteiger partial charge in [-0.3, -0.25) is 14.4 Å². The maximum Gasteiger partial charge on any atom is 0.306 e. The third-order valence-electron chi connectivity index (χ3n) is 3.04. The van der Waals surface area contributed by atoms with E-state index in [2.05, 4.69) is 5.32 Å². The number of ketones is 1. The molecule has 1 aromatic carbocycles. The number of rotatable bonds is 9. The van der Waals surface area contributed by atoms with Gasteiger partial charge in [0.1, 0.15) is 0 Å². The average molecular weight is 360 g/mol. The predicted molar refractivity (Wildman–Crippen MR) is 88.9 cm³/mol. The van der Waals surface area contributed by atoms with Crippen LogP contribution >= 0.6 is 23.2 Å². The van der Waals surface area contributed by atoms with E-state index in [0.717, 1.165) is 12.8 Å². The molecule has 0 aliphatic heterocycles. The molecular weight excluding hydrogens is 341 g/mol. The zero-order chi connectivity index (χ0) is 17.2. The molecule has 23 heavy (non-hydrogen) atoms. The molecule has 0 unspecified atom stereocenters. The molecule has 0 aliphatic carbocycles. The number of ether oxygens (including phenoxy) is 1. The molecule has 0 heterocycles. The van der Waals surface area contributed by atoms with E-state index in [1.165, 1.54) is 25.1 Å². The number of halogens is 2. The molecular formula is C16H19Cl2NO4. The molecule has 0 bridgehead atoms. The Labute approximate surface area is 145 Å². The Morgan fingerprint density at radius 3 is 2.48 bits per heavy atom. The summed E-state index contributed by atoms with van der Waals surface area (Å²) in [6, 6.07) is 4.50. The first-order valence-electron chi connectivity index (χ1n) is 7.28. The maximum atomic E-state index is 11.9. The van der Waals surface area contributed by atoms with Crippen LogP contribution in [0, 0.1) is 0 Å². The van der Waals surface area contributed by atoms with Crippen molar-refractivity contribution in [3.8, 4) is 0 Å². The van der Waals surface area contributed by atoms with Crippen molar-refractivity contribution < 1.29 is 19.1 Å². The molecule has 0 fully saturated rings. The zero-order valence-electron chi connectivity index (χ0n) is 12.9. The van der Waals surface area contributed by atoms with Gasteiger partial charge in [0.15, 0.2) is 12.4 Å². The van der Waals surface area contributed by atoms with Gasteiger partial charge in [0.25, 0.3) is 0 Å². The number of Topliss-reactive ketones (excluding diaryl/α,β-unsaturated/α-hetero) is 1. The highest BCUT2D eigenvalue weighted by Crippen LogP contribution is 2.22. The lowest BCUT2D eigenvalue weighted by Gasteiger charge is -2.06. The minimum Gasteiger partial charge on any atom is -0.457 e. The topological polar surface area (TPSA) is 72.5 Å². The third kappa shape index (κ3) is 8.00. The van der Waals surface area contributed by atoms with Crippen molar-refractivity contribution in [1.29, 1.82) is 0 Å². The van der Waals surface area contributed by atoms with Gasteiger partial charge in [-0.25, -0.2) is 0 Å². The minimum absolute atomic E-state index is 0.0646. The van der Waals surface area contributed by atoms with Crippen molar-refractivity contribution in [3.63, 3.8) is 0 Å². The fourth-order valence-corrected chi connectivity index (χ4v) is 2.10. The summed E-state index contributed by atoms with van der Waals surface area (Å²) in [6.07, 6.45) is 2.50. The van der Waals surface area contributed by atoms with Crippen molar-refractivity contribution in [3.05, 3.63) is 33.8 Å². The Bertz CT molecular complexity index is 575. The average Bonchev–Trinajstić information content (AvgIpc) is 2.50. The number of benzene rings is 1. The highest BCUT2D eigenvalue weighted by Gasteiger charge is 2.11. The fourth-order valence-electron chi connectivity index (χ4n) is 1.81.